The van der Waals surface area contributed by atoms with Crippen LogP contribution in [0.15, 0.2) is 45.6 Å². The van der Waals surface area contributed by atoms with Crippen LogP contribution in [0.25, 0.3) is 11.0 Å². The fourth-order valence-electron chi connectivity index (χ4n) is 3.39. The Morgan fingerprint density at radius 3 is 2.73 bits per heavy atom. The molecule has 0 atom stereocenters. The van der Waals surface area contributed by atoms with Crippen LogP contribution in [0.4, 0.5) is 5.69 Å². The van der Waals surface area contributed by atoms with Crippen molar-refractivity contribution in [2.75, 3.05) is 11.6 Å². The molecule has 0 aliphatic carbocycles. The smallest absolute Gasteiger partial charge is 0.336 e. The van der Waals surface area contributed by atoms with Crippen molar-refractivity contribution in [1.82, 2.24) is 0 Å². The minimum Gasteiger partial charge on any atom is -0.471 e. The monoisotopic (exact) mass is 389 g/mol. The Morgan fingerprint density at radius 2 is 1.96 bits per heavy atom. The maximum absolute atomic E-state index is 12.1. The molecule has 1 aliphatic rings. The van der Waals surface area contributed by atoms with E-state index in [2.05, 4.69) is 6.92 Å². The van der Waals surface area contributed by atoms with E-state index in [-0.39, 0.29) is 5.63 Å². The van der Waals surface area contributed by atoms with Crippen LogP contribution < -0.4 is 15.3 Å². The van der Waals surface area contributed by atoms with Crippen molar-refractivity contribution in [2.45, 2.75) is 26.3 Å². The topological polar surface area (TPSA) is 42.7 Å². The fraction of sp³-hybridized carbons (Fsp3) is 0.250. The standard InChI is InChI=1S/C20H17Cl2NO3/c1-2-5-12-8-18(24)26-19-13(12)9-16(22)20-14(19)10-23(11-25-20)17-7-4-3-6-15(17)21/h3-4,6-9H,2,5,10-11H2,1H3. The summed E-state index contributed by atoms with van der Waals surface area (Å²) in [6.45, 7) is 2.89. The van der Waals surface area contributed by atoms with Gasteiger partial charge in [-0.1, -0.05) is 48.7 Å². The summed E-state index contributed by atoms with van der Waals surface area (Å²) in [5.41, 5.74) is 2.75. The van der Waals surface area contributed by atoms with Crippen LogP contribution in [-0.2, 0) is 13.0 Å². The van der Waals surface area contributed by atoms with E-state index >= 15 is 0 Å². The molecule has 0 unspecified atom stereocenters. The maximum Gasteiger partial charge on any atom is 0.336 e. The number of anilines is 1. The third kappa shape index (κ3) is 2.93. The molecule has 4 nitrogen and oxygen atoms in total. The first-order chi connectivity index (χ1) is 12.6. The van der Waals surface area contributed by atoms with Crippen molar-refractivity contribution in [3.05, 3.63) is 68.0 Å². The lowest BCUT2D eigenvalue weighted by atomic mass is 10.0. The molecule has 0 bridgehead atoms. The van der Waals surface area contributed by atoms with E-state index in [1.54, 1.807) is 6.07 Å². The summed E-state index contributed by atoms with van der Waals surface area (Å²) in [4.78, 5) is 14.1. The lowest BCUT2D eigenvalue weighted by Crippen LogP contribution is -2.32. The quantitative estimate of drug-likeness (QED) is 0.561. The lowest BCUT2D eigenvalue weighted by Gasteiger charge is -2.32. The second-order valence-corrected chi connectivity index (χ2v) is 7.12. The second kappa shape index (κ2) is 6.86. The van der Waals surface area contributed by atoms with E-state index in [0.29, 0.717) is 34.7 Å². The van der Waals surface area contributed by atoms with Gasteiger partial charge in [0.25, 0.3) is 0 Å². The van der Waals surface area contributed by atoms with Gasteiger partial charge < -0.3 is 14.1 Å². The Kier molecular flexibility index (Phi) is 4.55. The number of benzene rings is 2. The van der Waals surface area contributed by atoms with E-state index in [1.165, 1.54) is 0 Å². The van der Waals surface area contributed by atoms with Gasteiger partial charge in [-0.3, -0.25) is 0 Å². The highest BCUT2D eigenvalue weighted by Gasteiger charge is 2.26. The molecule has 0 fully saturated rings. The minimum atomic E-state index is -0.361. The molecule has 0 spiro atoms. The Bertz CT molecular complexity index is 1050. The van der Waals surface area contributed by atoms with Crippen molar-refractivity contribution in [1.29, 1.82) is 0 Å². The summed E-state index contributed by atoms with van der Waals surface area (Å²) in [7, 11) is 0. The zero-order valence-corrected chi connectivity index (χ0v) is 15.7. The molecule has 2 heterocycles. The number of para-hydroxylation sites is 1. The molecule has 2 aromatic carbocycles. The molecule has 1 aliphatic heterocycles. The molecule has 0 radical (unpaired) electrons. The number of rotatable bonds is 3. The molecule has 0 N–H and O–H groups in total. The molecule has 3 aromatic rings. The van der Waals surface area contributed by atoms with Crippen LogP contribution in [0.2, 0.25) is 10.0 Å². The van der Waals surface area contributed by atoms with Gasteiger partial charge in [0.2, 0.25) is 0 Å². The molecule has 0 saturated carbocycles. The van der Waals surface area contributed by atoms with Crippen LogP contribution in [0, 0.1) is 0 Å². The zero-order chi connectivity index (χ0) is 18.3. The number of aryl methyl sites for hydroxylation is 1. The Balaban J connectivity index is 1.89. The fourth-order valence-corrected chi connectivity index (χ4v) is 3.92. The van der Waals surface area contributed by atoms with Crippen molar-refractivity contribution in [3.63, 3.8) is 0 Å². The maximum atomic E-state index is 12.1. The number of hydrogen-bond donors (Lipinski definition) is 0. The molecule has 4 rings (SSSR count). The lowest BCUT2D eigenvalue weighted by molar-refractivity contribution is 0.289. The van der Waals surface area contributed by atoms with Gasteiger partial charge in [0, 0.05) is 11.5 Å². The summed E-state index contributed by atoms with van der Waals surface area (Å²) in [6, 6.07) is 10.9. The largest absolute Gasteiger partial charge is 0.471 e. The predicted molar refractivity (Wildman–Crippen MR) is 105 cm³/mol. The van der Waals surface area contributed by atoms with Crippen LogP contribution in [0.3, 0.4) is 0 Å². The Labute approximate surface area is 160 Å². The van der Waals surface area contributed by atoms with Crippen LogP contribution in [0.5, 0.6) is 5.75 Å². The van der Waals surface area contributed by atoms with Gasteiger partial charge in [-0.15, -0.1) is 0 Å². The highest BCUT2D eigenvalue weighted by Crippen LogP contribution is 2.41. The molecule has 0 saturated heterocycles. The summed E-state index contributed by atoms with van der Waals surface area (Å²) >= 11 is 12.8. The zero-order valence-electron chi connectivity index (χ0n) is 14.2. The summed E-state index contributed by atoms with van der Waals surface area (Å²) in [6.07, 6.45) is 1.71. The summed E-state index contributed by atoms with van der Waals surface area (Å²) < 4.78 is 11.5. The van der Waals surface area contributed by atoms with Gasteiger partial charge in [-0.25, -0.2) is 4.79 Å². The number of hydrogen-bond acceptors (Lipinski definition) is 4. The van der Waals surface area contributed by atoms with E-state index in [1.807, 2.05) is 35.2 Å². The molecule has 1 aromatic heterocycles. The average Bonchev–Trinajstić information content (AvgIpc) is 2.63. The number of ether oxygens (including phenoxy) is 1. The Morgan fingerprint density at radius 1 is 1.15 bits per heavy atom. The first kappa shape index (κ1) is 17.3. The van der Waals surface area contributed by atoms with Crippen LogP contribution in [0.1, 0.15) is 24.5 Å². The Hall–Kier alpha value is -2.17. The number of fused-ring (bicyclic) bond motifs is 3. The van der Waals surface area contributed by atoms with Crippen LogP contribution >= 0.6 is 23.2 Å². The highest BCUT2D eigenvalue weighted by atomic mass is 35.5. The number of nitrogens with zero attached hydrogens (tertiary/aromatic N) is 1. The first-order valence-corrected chi connectivity index (χ1v) is 9.24. The molecule has 26 heavy (non-hydrogen) atoms. The van der Waals surface area contributed by atoms with Gasteiger partial charge in [0.05, 0.1) is 27.8 Å². The van der Waals surface area contributed by atoms with E-state index in [0.717, 1.165) is 35.0 Å². The summed E-state index contributed by atoms with van der Waals surface area (Å²) in [5, 5.41) is 2.02. The SMILES string of the molecule is CCCc1cc(=O)oc2c3c(c(Cl)cc12)OCN(c1ccccc1Cl)C3. The first-order valence-electron chi connectivity index (χ1n) is 8.49. The third-order valence-electron chi connectivity index (χ3n) is 4.55. The van der Waals surface area contributed by atoms with E-state index < -0.39 is 0 Å². The van der Waals surface area contributed by atoms with Crippen LogP contribution in [-0.4, -0.2) is 6.73 Å². The van der Waals surface area contributed by atoms with Gasteiger partial charge in [-0.05, 0) is 30.2 Å². The minimum absolute atomic E-state index is 0.320. The molecule has 134 valence electrons. The molecular weight excluding hydrogens is 373 g/mol. The van der Waals surface area contributed by atoms with Crippen molar-refractivity contribution in [3.8, 4) is 5.75 Å². The van der Waals surface area contributed by atoms with Crippen molar-refractivity contribution >= 4 is 39.9 Å². The van der Waals surface area contributed by atoms with Crippen molar-refractivity contribution in [2.24, 2.45) is 0 Å². The molecule has 0 amide bonds. The van der Waals surface area contributed by atoms with Gasteiger partial charge >= 0.3 is 5.63 Å². The molecular formula is C20H17Cl2NO3. The third-order valence-corrected chi connectivity index (χ3v) is 5.15. The highest BCUT2D eigenvalue weighted by molar-refractivity contribution is 6.33. The number of halogens is 2. The predicted octanol–water partition coefficient (Wildman–Crippen LogP) is 5.41. The van der Waals surface area contributed by atoms with E-state index in [4.69, 9.17) is 32.4 Å². The van der Waals surface area contributed by atoms with Gasteiger partial charge in [0.1, 0.15) is 11.3 Å². The second-order valence-electron chi connectivity index (χ2n) is 6.31. The molecule has 6 heteroatoms. The average molecular weight is 390 g/mol. The van der Waals surface area contributed by atoms with Gasteiger partial charge in [-0.2, -0.15) is 0 Å². The van der Waals surface area contributed by atoms with Crippen molar-refractivity contribution < 1.29 is 9.15 Å². The van der Waals surface area contributed by atoms with Gasteiger partial charge in [0.15, 0.2) is 6.73 Å². The summed E-state index contributed by atoms with van der Waals surface area (Å²) in [5.74, 6) is 0.569. The normalized spacial score (nSPS) is 13.6. The van der Waals surface area contributed by atoms with E-state index in [9.17, 15) is 4.79 Å².